The minimum atomic E-state index is -2.92. The van der Waals surface area contributed by atoms with Crippen molar-refractivity contribution in [3.8, 4) is 11.3 Å². The predicted molar refractivity (Wildman–Crippen MR) is 121 cm³/mol. The third-order valence-corrected chi connectivity index (χ3v) is 6.00. The van der Waals surface area contributed by atoms with E-state index in [1.807, 2.05) is 31.2 Å². The number of aromatic nitrogens is 3. The lowest BCUT2D eigenvalue weighted by molar-refractivity contribution is -0.125. The molecule has 0 aromatic carbocycles. The van der Waals surface area contributed by atoms with Gasteiger partial charge in [0.25, 0.3) is 5.92 Å². The van der Waals surface area contributed by atoms with Crippen LogP contribution in [0.25, 0.3) is 11.3 Å². The lowest BCUT2D eigenvalue weighted by Gasteiger charge is -2.40. The van der Waals surface area contributed by atoms with Crippen molar-refractivity contribution in [1.82, 2.24) is 19.9 Å². The third kappa shape index (κ3) is 5.14. The fraction of sp³-hybridized carbons (Fsp3) is 0.333. The van der Waals surface area contributed by atoms with Crippen LogP contribution in [0, 0.1) is 6.92 Å². The van der Waals surface area contributed by atoms with Gasteiger partial charge in [-0.2, -0.15) is 0 Å². The average Bonchev–Trinajstić information content (AvgIpc) is 2.80. The molecule has 0 unspecified atom stereocenters. The topological polar surface area (TPSA) is 91.0 Å². The van der Waals surface area contributed by atoms with Crippen molar-refractivity contribution in [2.45, 2.75) is 38.2 Å². The Kier molecular flexibility index (Phi) is 6.33. The van der Waals surface area contributed by atoms with Gasteiger partial charge in [-0.15, -0.1) is 0 Å². The summed E-state index contributed by atoms with van der Waals surface area (Å²) in [6, 6.07) is 11.2. The van der Waals surface area contributed by atoms with E-state index in [1.54, 1.807) is 24.1 Å². The predicted octanol–water partition coefficient (Wildman–Crippen LogP) is 3.59. The van der Waals surface area contributed by atoms with Crippen molar-refractivity contribution < 1.29 is 13.6 Å². The van der Waals surface area contributed by atoms with Gasteiger partial charge in [0.15, 0.2) is 0 Å². The first-order valence-corrected chi connectivity index (χ1v) is 10.7. The van der Waals surface area contributed by atoms with Gasteiger partial charge in [-0.3, -0.25) is 19.5 Å². The summed E-state index contributed by atoms with van der Waals surface area (Å²) in [7, 11) is 0. The number of halogens is 2. The van der Waals surface area contributed by atoms with E-state index >= 15 is 0 Å². The van der Waals surface area contributed by atoms with Gasteiger partial charge in [0.2, 0.25) is 11.5 Å². The van der Waals surface area contributed by atoms with Crippen LogP contribution in [0.2, 0.25) is 0 Å². The quantitative estimate of drug-likeness (QED) is 0.616. The minimum absolute atomic E-state index is 0.000968. The molecule has 4 rings (SSSR count). The van der Waals surface area contributed by atoms with Crippen molar-refractivity contribution >= 4 is 11.7 Å². The molecule has 0 aliphatic carbocycles. The van der Waals surface area contributed by atoms with Gasteiger partial charge in [-0.05, 0) is 43.7 Å². The Hall–Kier alpha value is -3.46. The average molecular weight is 453 g/mol. The van der Waals surface area contributed by atoms with Crippen molar-refractivity contribution in [3.63, 3.8) is 0 Å². The monoisotopic (exact) mass is 453 g/mol. The third-order valence-electron chi connectivity index (χ3n) is 6.00. The Morgan fingerprint density at radius 3 is 2.73 bits per heavy atom. The molecular formula is C24H25F2N5O2. The first-order valence-electron chi connectivity index (χ1n) is 10.7. The number of hydrogen-bond acceptors (Lipinski definition) is 5. The molecule has 1 amide bonds. The smallest absolute Gasteiger partial charge is 0.257 e. The fourth-order valence-electron chi connectivity index (χ4n) is 3.99. The summed E-state index contributed by atoms with van der Waals surface area (Å²) in [6.45, 7) is 3.69. The van der Waals surface area contributed by atoms with Crippen molar-refractivity contribution in [3.05, 3.63) is 76.5 Å². The van der Waals surface area contributed by atoms with Gasteiger partial charge in [0, 0.05) is 49.2 Å². The molecule has 1 aliphatic rings. The molecule has 33 heavy (non-hydrogen) atoms. The van der Waals surface area contributed by atoms with Crippen LogP contribution in [-0.4, -0.2) is 50.8 Å². The number of hydrogen-bond donors (Lipinski definition) is 2. The standard InChI is InChI=1S/C24H25F2N5O2/c1-15-4-3-5-20(29-15)18-6-8-21(27-13-18)30-23(33)16(2)31-11-10-24(25,26)19(14-31)17-7-9-22(32)28-12-17/h3-9,12-13,16,19H,10-11,14H2,1-2H3,(H,28,32)(H,27,30,33)/t16-,19+/m0/s1. The number of nitrogens with one attached hydrogen (secondary N) is 2. The molecular weight excluding hydrogens is 428 g/mol. The highest BCUT2D eigenvalue weighted by molar-refractivity contribution is 5.93. The zero-order valence-electron chi connectivity index (χ0n) is 18.4. The fourth-order valence-corrected chi connectivity index (χ4v) is 3.99. The summed E-state index contributed by atoms with van der Waals surface area (Å²) in [5.41, 5.74) is 2.51. The van der Waals surface area contributed by atoms with E-state index in [2.05, 4.69) is 20.3 Å². The Balaban J connectivity index is 1.43. The van der Waals surface area contributed by atoms with Crippen LogP contribution < -0.4 is 10.9 Å². The van der Waals surface area contributed by atoms with Gasteiger partial charge >= 0.3 is 0 Å². The zero-order valence-corrected chi connectivity index (χ0v) is 18.4. The molecule has 0 radical (unpaired) electrons. The number of anilines is 1. The van der Waals surface area contributed by atoms with E-state index in [0.717, 1.165) is 17.0 Å². The highest BCUT2D eigenvalue weighted by atomic mass is 19.3. The number of nitrogens with zero attached hydrogens (tertiary/aromatic N) is 3. The Labute approximate surface area is 189 Å². The summed E-state index contributed by atoms with van der Waals surface area (Å²) in [6.07, 6.45) is 2.59. The molecule has 2 atom stereocenters. The van der Waals surface area contributed by atoms with Crippen molar-refractivity contribution in [2.75, 3.05) is 18.4 Å². The normalized spacial score (nSPS) is 19.1. The Morgan fingerprint density at radius 1 is 1.24 bits per heavy atom. The highest BCUT2D eigenvalue weighted by Crippen LogP contribution is 2.40. The molecule has 172 valence electrons. The van der Waals surface area contributed by atoms with Gasteiger partial charge in [0.1, 0.15) is 5.82 Å². The molecule has 4 heterocycles. The number of piperidine rings is 1. The second-order valence-electron chi connectivity index (χ2n) is 8.31. The van der Waals surface area contributed by atoms with Gasteiger partial charge in [-0.25, -0.2) is 13.8 Å². The SMILES string of the molecule is Cc1cccc(-c2ccc(NC(=O)[C@H](C)N3CCC(F)(F)[C@@H](c4ccc(=O)[nH]c4)C3)nc2)n1. The number of carbonyl (C=O) groups is 1. The summed E-state index contributed by atoms with van der Waals surface area (Å²) in [4.78, 5) is 37.1. The summed E-state index contributed by atoms with van der Waals surface area (Å²) in [5, 5.41) is 2.76. The number of alkyl halides is 2. The number of rotatable bonds is 5. The van der Waals surface area contributed by atoms with Crippen LogP contribution >= 0.6 is 0 Å². The van der Waals surface area contributed by atoms with Gasteiger partial charge < -0.3 is 10.3 Å². The van der Waals surface area contributed by atoms with Crippen LogP contribution in [0.5, 0.6) is 0 Å². The first-order chi connectivity index (χ1) is 15.7. The minimum Gasteiger partial charge on any atom is -0.329 e. The van der Waals surface area contributed by atoms with Crippen molar-refractivity contribution in [1.29, 1.82) is 0 Å². The van der Waals surface area contributed by atoms with E-state index in [4.69, 9.17) is 0 Å². The molecule has 3 aromatic rings. The number of likely N-dealkylation sites (tertiary alicyclic amines) is 1. The van der Waals surface area contributed by atoms with Crippen LogP contribution in [-0.2, 0) is 4.79 Å². The maximum Gasteiger partial charge on any atom is 0.257 e. The molecule has 0 bridgehead atoms. The van der Waals surface area contributed by atoms with E-state index < -0.39 is 17.9 Å². The van der Waals surface area contributed by atoms with Crippen molar-refractivity contribution in [2.24, 2.45) is 0 Å². The molecule has 0 saturated carbocycles. The highest BCUT2D eigenvalue weighted by Gasteiger charge is 2.46. The van der Waals surface area contributed by atoms with E-state index in [0.29, 0.717) is 11.4 Å². The summed E-state index contributed by atoms with van der Waals surface area (Å²) >= 11 is 0. The maximum atomic E-state index is 14.6. The second-order valence-corrected chi connectivity index (χ2v) is 8.31. The molecule has 1 saturated heterocycles. The molecule has 0 spiro atoms. The lowest BCUT2D eigenvalue weighted by atomic mass is 9.87. The first kappa shape index (κ1) is 22.7. The molecule has 7 nitrogen and oxygen atoms in total. The van der Waals surface area contributed by atoms with E-state index in [-0.39, 0.29) is 31.0 Å². The Bertz CT molecular complexity index is 1180. The number of aryl methyl sites for hydroxylation is 1. The second kappa shape index (κ2) is 9.19. The van der Waals surface area contributed by atoms with Crippen LogP contribution in [0.1, 0.15) is 30.5 Å². The van der Waals surface area contributed by atoms with E-state index in [9.17, 15) is 18.4 Å². The summed E-state index contributed by atoms with van der Waals surface area (Å²) < 4.78 is 29.2. The van der Waals surface area contributed by atoms with Crippen LogP contribution in [0.15, 0.2) is 59.7 Å². The molecule has 2 N–H and O–H groups in total. The summed E-state index contributed by atoms with van der Waals surface area (Å²) in [5.74, 6) is -3.98. The zero-order chi connectivity index (χ0) is 23.6. The number of carbonyl (C=O) groups excluding carboxylic acids is 1. The largest absolute Gasteiger partial charge is 0.329 e. The van der Waals surface area contributed by atoms with E-state index in [1.165, 1.54) is 18.3 Å². The number of amides is 1. The molecule has 3 aromatic heterocycles. The molecule has 1 fully saturated rings. The molecule has 9 heteroatoms. The number of pyridine rings is 3. The lowest BCUT2D eigenvalue weighted by Crippen LogP contribution is -2.52. The number of H-pyrrole nitrogens is 1. The maximum absolute atomic E-state index is 14.6. The van der Waals surface area contributed by atoms with Gasteiger partial charge in [0.05, 0.1) is 17.7 Å². The van der Waals surface area contributed by atoms with Gasteiger partial charge in [-0.1, -0.05) is 12.1 Å². The van der Waals surface area contributed by atoms with Crippen LogP contribution in [0.3, 0.4) is 0 Å². The Morgan fingerprint density at radius 2 is 2.06 bits per heavy atom. The van der Waals surface area contributed by atoms with Crippen LogP contribution in [0.4, 0.5) is 14.6 Å². The number of aromatic amines is 1. The molecule has 1 aliphatic heterocycles.